The van der Waals surface area contributed by atoms with E-state index in [0.29, 0.717) is 0 Å². The van der Waals surface area contributed by atoms with Gasteiger partial charge in [0.25, 0.3) is 0 Å². The average Bonchev–Trinajstić information content (AvgIpc) is 2.36. The second kappa shape index (κ2) is 7.52. The van der Waals surface area contributed by atoms with Crippen LogP contribution in [0.4, 0.5) is 13.2 Å². The van der Waals surface area contributed by atoms with Gasteiger partial charge in [0, 0.05) is 11.4 Å². The zero-order valence-corrected chi connectivity index (χ0v) is 12.7. The Bertz CT molecular complexity index is 608. The topological polar surface area (TPSA) is 95.7 Å². The molecule has 0 aromatic heterocycles. The number of rotatable bonds is 7. The molecule has 0 atom stereocenters. The highest BCUT2D eigenvalue weighted by Crippen LogP contribution is 2.41. The van der Waals surface area contributed by atoms with Gasteiger partial charge < -0.3 is 5.73 Å². The summed E-state index contributed by atoms with van der Waals surface area (Å²) in [4.78, 5) is -1.24. The monoisotopic (exact) mass is 363 g/mol. The van der Waals surface area contributed by atoms with E-state index in [-0.39, 0.29) is 12.1 Å². The summed E-state index contributed by atoms with van der Waals surface area (Å²) in [6.45, 7) is -1.20. The molecule has 1 rings (SSSR count). The molecule has 6 nitrogen and oxygen atoms in total. The van der Waals surface area contributed by atoms with Crippen LogP contribution in [0.1, 0.15) is 5.56 Å². The molecule has 1 aromatic rings. The van der Waals surface area contributed by atoms with Crippen molar-refractivity contribution in [3.8, 4) is 0 Å². The Morgan fingerprint density at radius 1 is 1.33 bits per heavy atom. The first-order valence-electron chi connectivity index (χ1n) is 5.13. The van der Waals surface area contributed by atoms with Gasteiger partial charge >= 0.3 is 24.3 Å². The van der Waals surface area contributed by atoms with Crippen LogP contribution in [0.25, 0.3) is 0 Å². The fourth-order valence-electron chi connectivity index (χ4n) is 1.38. The van der Waals surface area contributed by atoms with E-state index in [0.717, 1.165) is 6.07 Å². The molecule has 0 saturated carbocycles. The molecule has 2 N–H and O–H groups in total. The summed E-state index contributed by atoms with van der Waals surface area (Å²) >= 11 is -0.596. The molecule has 0 aliphatic carbocycles. The first kappa shape index (κ1) is 18.3. The Balaban J connectivity index is 3.27. The Hall–Kier alpha value is -0.710. The normalized spacial score (nSPS) is 12.8. The Morgan fingerprint density at radius 3 is 2.52 bits per heavy atom. The van der Waals surface area contributed by atoms with Gasteiger partial charge in [-0.1, -0.05) is 12.1 Å². The van der Waals surface area contributed by atoms with E-state index in [1.807, 2.05) is 0 Å². The van der Waals surface area contributed by atoms with Gasteiger partial charge in [-0.05, 0) is 23.4 Å². The van der Waals surface area contributed by atoms with Gasteiger partial charge in [0.1, 0.15) is 4.90 Å². The minimum atomic E-state index is -4.68. The van der Waals surface area contributed by atoms with Crippen LogP contribution in [0.15, 0.2) is 28.0 Å². The third kappa shape index (κ3) is 5.53. The summed E-state index contributed by atoms with van der Waals surface area (Å²) in [5.41, 5.74) is 0.625. The van der Waals surface area contributed by atoms with Gasteiger partial charge in [0.15, 0.2) is 6.79 Å². The summed E-state index contributed by atoms with van der Waals surface area (Å²) in [5, 5.41) is 0. The molecule has 0 spiro atoms. The average molecular weight is 363 g/mol. The fourth-order valence-corrected chi connectivity index (χ4v) is 3.67. The molecule has 0 heterocycles. The van der Waals surface area contributed by atoms with E-state index < -0.39 is 52.7 Å². The summed E-state index contributed by atoms with van der Waals surface area (Å²) in [7, 11) is -5.37. The number of thioether (sulfide) groups is 1. The maximum Gasteiger partial charge on any atom is 0.446 e. The number of hydrogen-bond donors (Lipinski definition) is 1. The Morgan fingerprint density at radius 2 is 2.00 bits per heavy atom. The van der Waals surface area contributed by atoms with E-state index in [1.54, 1.807) is 0 Å². The first-order chi connectivity index (χ1) is 9.71. The Kier molecular flexibility index (Phi) is 6.57. The van der Waals surface area contributed by atoms with Crippen LogP contribution in [0.2, 0.25) is 0 Å². The van der Waals surface area contributed by atoms with E-state index in [4.69, 9.17) is 5.73 Å². The SMILES string of the molecule is NCc1cccc(SC(F)(F)F)c1S(=O)(=O)OCOP=O. The third-order valence-electron chi connectivity index (χ3n) is 2.06. The molecule has 0 fully saturated rings. The molecule has 0 radical (unpaired) electrons. The predicted molar refractivity (Wildman–Crippen MR) is 68.1 cm³/mol. The number of hydrogen-bond acceptors (Lipinski definition) is 7. The highest BCUT2D eigenvalue weighted by Gasteiger charge is 2.34. The quantitative estimate of drug-likeness (QED) is 0.262. The van der Waals surface area contributed by atoms with Gasteiger partial charge in [0.05, 0.1) is 0 Å². The zero-order chi connectivity index (χ0) is 16.1. The lowest BCUT2D eigenvalue weighted by molar-refractivity contribution is -0.0329. The number of benzene rings is 1. The maximum atomic E-state index is 12.5. The highest BCUT2D eigenvalue weighted by atomic mass is 32.2. The highest BCUT2D eigenvalue weighted by molar-refractivity contribution is 8.00. The van der Waals surface area contributed by atoms with Gasteiger partial charge in [-0.2, -0.15) is 21.6 Å². The van der Waals surface area contributed by atoms with Gasteiger partial charge in [-0.3, -0.25) is 4.52 Å². The van der Waals surface area contributed by atoms with Crippen molar-refractivity contribution in [2.45, 2.75) is 21.8 Å². The van der Waals surface area contributed by atoms with Crippen molar-refractivity contribution in [3.63, 3.8) is 0 Å². The van der Waals surface area contributed by atoms with Crippen molar-refractivity contribution in [1.82, 2.24) is 0 Å². The van der Waals surface area contributed by atoms with Gasteiger partial charge in [-0.25, -0.2) is 8.75 Å². The standard InChI is InChI=1S/C9H9F3NO5PS2/c10-9(11,12)20-7-3-1-2-6(4-13)8(7)21(15,16)18-5-17-19-14/h1-3H,4-5,13H2. The predicted octanol–water partition coefficient (Wildman–Crippen LogP) is 2.64. The van der Waals surface area contributed by atoms with Crippen LogP contribution in [0.3, 0.4) is 0 Å². The van der Waals surface area contributed by atoms with E-state index in [9.17, 15) is 26.2 Å². The molecule has 21 heavy (non-hydrogen) atoms. The van der Waals surface area contributed by atoms with Crippen molar-refractivity contribution in [2.75, 3.05) is 6.79 Å². The van der Waals surface area contributed by atoms with E-state index in [1.165, 1.54) is 12.1 Å². The number of nitrogens with two attached hydrogens (primary N) is 1. The van der Waals surface area contributed by atoms with Gasteiger partial charge in [0.2, 0.25) is 0 Å². The van der Waals surface area contributed by atoms with Crippen molar-refractivity contribution < 1.29 is 34.9 Å². The molecule has 0 aliphatic rings. The zero-order valence-electron chi connectivity index (χ0n) is 10.2. The minimum absolute atomic E-state index is 0.0380. The van der Waals surface area contributed by atoms with Crippen LogP contribution in [0, 0.1) is 0 Å². The summed E-state index contributed by atoms with van der Waals surface area (Å²) in [6, 6.07) is 3.51. The molecular formula is C9H9F3NO5PS2. The second-order valence-corrected chi connectivity index (χ2v) is 6.46. The minimum Gasteiger partial charge on any atom is -0.326 e. The largest absolute Gasteiger partial charge is 0.446 e. The molecule has 1 aromatic carbocycles. The summed E-state index contributed by atoms with van der Waals surface area (Å²) < 4.78 is 79.9. The van der Waals surface area contributed by atoms with Crippen LogP contribution in [-0.2, 0) is 29.9 Å². The second-order valence-electron chi connectivity index (χ2n) is 3.39. The number of alkyl halides is 3. The van der Waals surface area contributed by atoms with Crippen molar-refractivity contribution in [1.29, 1.82) is 0 Å². The third-order valence-corrected chi connectivity index (χ3v) is 4.58. The Labute approximate surface area is 124 Å². The molecule has 0 saturated heterocycles. The van der Waals surface area contributed by atoms with Crippen LogP contribution < -0.4 is 5.73 Å². The number of halogens is 3. The lowest BCUT2D eigenvalue weighted by Crippen LogP contribution is -2.14. The molecular weight excluding hydrogens is 354 g/mol. The molecule has 0 amide bonds. The fraction of sp³-hybridized carbons (Fsp3) is 0.333. The molecule has 0 unspecified atom stereocenters. The van der Waals surface area contributed by atoms with E-state index >= 15 is 0 Å². The smallest absolute Gasteiger partial charge is 0.326 e. The molecule has 0 aliphatic heterocycles. The first-order valence-corrected chi connectivity index (χ1v) is 8.08. The van der Waals surface area contributed by atoms with Crippen molar-refractivity contribution in [2.24, 2.45) is 5.73 Å². The van der Waals surface area contributed by atoms with Crippen molar-refractivity contribution >= 4 is 30.6 Å². The maximum absolute atomic E-state index is 12.5. The van der Waals surface area contributed by atoms with Crippen LogP contribution in [-0.4, -0.2) is 20.7 Å². The molecule has 0 bridgehead atoms. The lowest BCUT2D eigenvalue weighted by atomic mass is 10.2. The molecule has 12 heteroatoms. The molecule has 118 valence electrons. The summed E-state index contributed by atoms with van der Waals surface area (Å²) in [5.74, 6) is 0. The van der Waals surface area contributed by atoms with Crippen LogP contribution >= 0.6 is 20.4 Å². The van der Waals surface area contributed by atoms with Crippen LogP contribution in [0.5, 0.6) is 0 Å². The van der Waals surface area contributed by atoms with Crippen molar-refractivity contribution in [3.05, 3.63) is 23.8 Å². The van der Waals surface area contributed by atoms with Gasteiger partial charge in [-0.15, -0.1) is 0 Å². The summed E-state index contributed by atoms with van der Waals surface area (Å²) in [6.07, 6.45) is 0. The lowest BCUT2D eigenvalue weighted by Gasteiger charge is -2.14. The van der Waals surface area contributed by atoms with E-state index in [2.05, 4.69) is 8.71 Å².